The number of hydrogen-bond donors (Lipinski definition) is 1. The van der Waals surface area contributed by atoms with E-state index in [0.29, 0.717) is 17.2 Å². The molecule has 0 saturated carbocycles. The monoisotopic (exact) mass is 325 g/mol. The van der Waals surface area contributed by atoms with Crippen LogP contribution in [0.2, 0.25) is 0 Å². The Bertz CT molecular complexity index is 655. The van der Waals surface area contributed by atoms with E-state index in [1.165, 1.54) is 0 Å². The molecule has 0 aliphatic heterocycles. The van der Waals surface area contributed by atoms with E-state index in [4.69, 9.17) is 9.47 Å². The number of amides is 1. The van der Waals surface area contributed by atoms with Crippen molar-refractivity contribution >= 4 is 11.6 Å². The van der Waals surface area contributed by atoms with Crippen molar-refractivity contribution in [2.45, 2.75) is 13.5 Å². The van der Waals surface area contributed by atoms with Crippen molar-refractivity contribution in [1.82, 2.24) is 9.13 Å². The van der Waals surface area contributed by atoms with Crippen molar-refractivity contribution in [2.75, 3.05) is 19.5 Å². The molecule has 2 aromatic rings. The Morgan fingerprint density at radius 1 is 1.23 bits per heavy atom. The molecule has 0 aliphatic rings. The lowest BCUT2D eigenvalue weighted by atomic mass is 10.2. The van der Waals surface area contributed by atoms with Crippen LogP contribution in [0.4, 0.5) is 5.69 Å². The number of carbonyl (C=O) groups is 1. The number of nitrogens with one attached hydrogen (secondary N) is 1. The molecule has 6 nitrogen and oxygen atoms in total. The highest BCUT2D eigenvalue weighted by Crippen LogP contribution is 2.29. The molecule has 1 amide bonds. The molecule has 0 fully saturated rings. The topological polar surface area (TPSA) is 57.4 Å². The molecule has 1 N–H and O–H groups in total. The molecule has 22 heavy (non-hydrogen) atoms. The van der Waals surface area contributed by atoms with E-state index >= 15 is 0 Å². The summed E-state index contributed by atoms with van der Waals surface area (Å²) in [5.74, 6) is 2.13. The zero-order valence-corrected chi connectivity index (χ0v) is 13.8. The fourth-order valence-electron chi connectivity index (χ4n) is 2.04. The van der Waals surface area contributed by atoms with Crippen LogP contribution >= 0.6 is 0 Å². The van der Waals surface area contributed by atoms with Gasteiger partial charge in [0.05, 0.1) is 14.2 Å². The highest BCUT2D eigenvalue weighted by atomic mass is 35.5. The van der Waals surface area contributed by atoms with Crippen molar-refractivity contribution in [3.8, 4) is 11.5 Å². The van der Waals surface area contributed by atoms with Gasteiger partial charge in [0.15, 0.2) is 29.7 Å². The lowest BCUT2D eigenvalue weighted by molar-refractivity contribution is -0.116. The third-order valence-electron chi connectivity index (χ3n) is 3.38. The summed E-state index contributed by atoms with van der Waals surface area (Å²) in [6, 6.07) is 5.27. The smallest absolute Gasteiger partial charge is 0.247 e. The van der Waals surface area contributed by atoms with Gasteiger partial charge in [-0.1, -0.05) is 0 Å². The van der Waals surface area contributed by atoms with Gasteiger partial charge in [-0.05, 0) is 12.1 Å². The molecule has 7 heteroatoms. The molecule has 0 atom stereocenters. The van der Waals surface area contributed by atoms with Crippen LogP contribution in [-0.4, -0.2) is 29.3 Å². The van der Waals surface area contributed by atoms with Crippen LogP contribution in [0, 0.1) is 6.92 Å². The average Bonchev–Trinajstić information content (AvgIpc) is 2.79. The van der Waals surface area contributed by atoms with Crippen molar-refractivity contribution in [3.05, 3.63) is 36.4 Å². The maximum absolute atomic E-state index is 12.1. The minimum atomic E-state index is -0.0958. The quantitative estimate of drug-likeness (QED) is 0.723. The molecular weight excluding hydrogens is 306 g/mol. The first kappa shape index (κ1) is 17.8. The number of aryl methyl sites for hydroxylation is 1. The Hall–Kier alpha value is -2.21. The van der Waals surface area contributed by atoms with Crippen LogP contribution in [0.5, 0.6) is 11.5 Å². The summed E-state index contributed by atoms with van der Waals surface area (Å²) in [6.07, 6.45) is 3.79. The lowest BCUT2D eigenvalue weighted by Gasteiger charge is -2.10. The van der Waals surface area contributed by atoms with Gasteiger partial charge < -0.3 is 27.2 Å². The van der Waals surface area contributed by atoms with E-state index in [1.807, 2.05) is 35.5 Å². The second-order valence-corrected chi connectivity index (χ2v) is 4.70. The standard InChI is InChI=1S/C15H19N3O3.ClH/c1-11-17(2)7-8-18(11)10-15(19)16-12-5-6-13(20-3)14(9-12)21-4;/h5-9H,10H2,1-4H3;1H. The fourth-order valence-corrected chi connectivity index (χ4v) is 2.04. The first-order chi connectivity index (χ1) is 10.0. The summed E-state index contributed by atoms with van der Waals surface area (Å²) in [6.45, 7) is 2.23. The summed E-state index contributed by atoms with van der Waals surface area (Å²) >= 11 is 0. The van der Waals surface area contributed by atoms with Crippen LogP contribution in [0.25, 0.3) is 0 Å². The van der Waals surface area contributed by atoms with E-state index in [-0.39, 0.29) is 24.9 Å². The first-order valence-electron chi connectivity index (χ1n) is 6.58. The molecular formula is C15H20ClN3O3. The van der Waals surface area contributed by atoms with Crippen LogP contribution in [-0.2, 0) is 18.4 Å². The van der Waals surface area contributed by atoms with Gasteiger partial charge in [-0.25, -0.2) is 9.13 Å². The third kappa shape index (κ3) is 3.92. The van der Waals surface area contributed by atoms with Crippen molar-refractivity contribution in [3.63, 3.8) is 0 Å². The second kappa shape index (κ2) is 7.70. The van der Waals surface area contributed by atoms with Crippen LogP contribution in [0.15, 0.2) is 30.6 Å². The Morgan fingerprint density at radius 2 is 1.91 bits per heavy atom. The third-order valence-corrected chi connectivity index (χ3v) is 3.38. The van der Waals surface area contributed by atoms with E-state index in [9.17, 15) is 4.79 Å². The zero-order chi connectivity index (χ0) is 15.4. The van der Waals surface area contributed by atoms with Crippen molar-refractivity contribution in [2.24, 2.45) is 7.05 Å². The normalized spacial score (nSPS) is 9.82. The maximum atomic E-state index is 12.1. The number of methoxy groups -OCH3 is 2. The van der Waals surface area contributed by atoms with Gasteiger partial charge in [0.2, 0.25) is 5.91 Å². The van der Waals surface area contributed by atoms with Crippen molar-refractivity contribution < 1.29 is 26.7 Å². The average molecular weight is 326 g/mol. The summed E-state index contributed by atoms with van der Waals surface area (Å²) in [7, 11) is 5.08. The molecule has 0 aliphatic carbocycles. The molecule has 0 saturated heterocycles. The maximum Gasteiger partial charge on any atom is 0.247 e. The Labute approximate surface area is 136 Å². The van der Waals surface area contributed by atoms with E-state index in [1.54, 1.807) is 32.4 Å². The number of hydrogen-bond acceptors (Lipinski definition) is 3. The Morgan fingerprint density at radius 3 is 2.45 bits per heavy atom. The molecule has 0 spiro atoms. The number of halogens is 1. The van der Waals surface area contributed by atoms with Gasteiger partial charge in [-0.15, -0.1) is 0 Å². The first-order valence-corrected chi connectivity index (χ1v) is 6.58. The highest BCUT2D eigenvalue weighted by Gasteiger charge is 2.13. The van der Waals surface area contributed by atoms with E-state index < -0.39 is 0 Å². The fraction of sp³-hybridized carbons (Fsp3) is 0.333. The lowest BCUT2D eigenvalue weighted by Crippen LogP contribution is -3.00. The minimum absolute atomic E-state index is 0. The SMILES string of the molecule is COc1ccc(NC(=O)Cn2ccn(C)[c+]2C)cc1OC.[Cl-]. The van der Waals surface area contributed by atoms with E-state index in [0.717, 1.165) is 5.82 Å². The number of rotatable bonds is 5. The van der Waals surface area contributed by atoms with E-state index in [2.05, 4.69) is 5.32 Å². The predicted molar refractivity (Wildman–Crippen MR) is 80.7 cm³/mol. The summed E-state index contributed by atoms with van der Waals surface area (Å²) in [4.78, 5) is 12.1. The van der Waals surface area contributed by atoms with Crippen LogP contribution in [0.1, 0.15) is 5.82 Å². The number of benzene rings is 1. The second-order valence-electron chi connectivity index (χ2n) is 4.70. The molecule has 1 aromatic heterocycles. The largest absolute Gasteiger partial charge is 1.00 e. The number of imidazole rings is 1. The van der Waals surface area contributed by atoms with Crippen LogP contribution in [0.3, 0.4) is 0 Å². The number of carbonyl (C=O) groups excluding carboxylic acids is 1. The summed E-state index contributed by atoms with van der Waals surface area (Å²) < 4.78 is 14.2. The molecule has 120 valence electrons. The van der Waals surface area contributed by atoms with Gasteiger partial charge in [0.25, 0.3) is 0 Å². The Kier molecular flexibility index (Phi) is 6.24. The van der Waals surface area contributed by atoms with Gasteiger partial charge in [-0.3, -0.25) is 4.79 Å². The van der Waals surface area contributed by atoms with Crippen molar-refractivity contribution in [1.29, 1.82) is 0 Å². The molecule has 0 unspecified atom stereocenters. The summed E-state index contributed by atoms with van der Waals surface area (Å²) in [5, 5.41) is 2.85. The van der Waals surface area contributed by atoms with Gasteiger partial charge in [-0.2, -0.15) is 0 Å². The number of nitrogens with zero attached hydrogens (tertiary/aromatic N) is 2. The Balaban J connectivity index is 0.00000242. The van der Waals surface area contributed by atoms with Crippen LogP contribution < -0.4 is 27.2 Å². The number of ether oxygens (including phenoxy) is 2. The molecule has 1 aromatic carbocycles. The summed E-state index contributed by atoms with van der Waals surface area (Å²) in [5.41, 5.74) is 0.673. The molecule has 0 radical (unpaired) electrons. The molecule has 2 rings (SSSR count). The number of anilines is 1. The minimum Gasteiger partial charge on any atom is -1.00 e. The highest BCUT2D eigenvalue weighted by molar-refractivity contribution is 5.91. The predicted octanol–water partition coefficient (Wildman–Crippen LogP) is -0.924. The molecule has 1 heterocycles. The van der Waals surface area contributed by atoms with Gasteiger partial charge in [0.1, 0.15) is 6.54 Å². The van der Waals surface area contributed by atoms with Gasteiger partial charge >= 0.3 is 0 Å². The molecule has 0 bridgehead atoms. The number of aromatic nitrogens is 2. The zero-order valence-electron chi connectivity index (χ0n) is 13.1. The van der Waals surface area contributed by atoms with Gasteiger partial charge in [0, 0.05) is 25.7 Å².